The van der Waals surface area contributed by atoms with E-state index in [-0.39, 0.29) is 23.6 Å². The van der Waals surface area contributed by atoms with Gasteiger partial charge in [0.05, 0.1) is 23.6 Å². The van der Waals surface area contributed by atoms with Crippen molar-refractivity contribution in [3.05, 3.63) is 77.1 Å². The van der Waals surface area contributed by atoms with Crippen LogP contribution in [0.4, 0.5) is 13.2 Å². The Morgan fingerprint density at radius 3 is 2.70 bits per heavy atom. The van der Waals surface area contributed by atoms with E-state index in [1.54, 1.807) is 22.3 Å². The molecule has 0 aliphatic carbocycles. The Kier molecular flexibility index (Phi) is 4.36. The van der Waals surface area contributed by atoms with Crippen molar-refractivity contribution in [1.29, 1.82) is 0 Å². The minimum atomic E-state index is -1.49. The number of imidazole rings is 1. The first-order valence-corrected chi connectivity index (χ1v) is 10.9. The van der Waals surface area contributed by atoms with Gasteiger partial charge in [0.15, 0.2) is 17.5 Å². The summed E-state index contributed by atoms with van der Waals surface area (Å²) in [5.74, 6) is -4.07. The monoisotopic (exact) mass is 451 g/mol. The van der Waals surface area contributed by atoms with Gasteiger partial charge in [-0.3, -0.25) is 13.9 Å². The molecular weight excluding hydrogens is 431 g/mol. The number of amides is 1. The summed E-state index contributed by atoms with van der Waals surface area (Å²) < 4.78 is 44.8. The van der Waals surface area contributed by atoms with Gasteiger partial charge < -0.3 is 4.90 Å². The number of piperidine rings is 1. The summed E-state index contributed by atoms with van der Waals surface area (Å²) in [6, 6.07) is 7.25. The van der Waals surface area contributed by atoms with Crippen LogP contribution in [0.2, 0.25) is 0 Å². The fourth-order valence-corrected chi connectivity index (χ4v) is 5.43. The number of carbonyl (C=O) groups excluding carboxylic acids is 1. The van der Waals surface area contributed by atoms with E-state index in [2.05, 4.69) is 10.1 Å². The maximum absolute atomic E-state index is 14.0. The third-order valence-electron chi connectivity index (χ3n) is 6.80. The Hall–Kier alpha value is -3.62. The van der Waals surface area contributed by atoms with Gasteiger partial charge in [-0.05, 0) is 49.9 Å². The van der Waals surface area contributed by atoms with E-state index >= 15 is 0 Å². The molecule has 1 amide bonds. The fourth-order valence-electron chi connectivity index (χ4n) is 5.43. The summed E-state index contributed by atoms with van der Waals surface area (Å²) in [5, 5.41) is 4.67. The van der Waals surface area contributed by atoms with Crippen LogP contribution in [-0.2, 0) is 13.5 Å². The Bertz CT molecular complexity index is 1400. The third-order valence-corrected chi connectivity index (χ3v) is 6.80. The molecule has 6 rings (SSSR count). The predicted molar refractivity (Wildman–Crippen MR) is 114 cm³/mol. The van der Waals surface area contributed by atoms with Crippen LogP contribution < -0.4 is 0 Å². The minimum Gasteiger partial charge on any atom is -0.325 e. The zero-order chi connectivity index (χ0) is 22.9. The van der Waals surface area contributed by atoms with Crippen LogP contribution in [0.1, 0.15) is 47.1 Å². The van der Waals surface area contributed by atoms with Crippen LogP contribution >= 0.6 is 0 Å². The Morgan fingerprint density at radius 1 is 1.12 bits per heavy atom. The SMILES string of the molecule is Cn1nc2c(c1-c1cc(F)c(F)c(F)c1)CC1CCCC2N1C(=O)c1cnc2ccccn12. The van der Waals surface area contributed by atoms with Crippen LogP contribution in [-0.4, -0.2) is 36.0 Å². The van der Waals surface area contributed by atoms with E-state index in [9.17, 15) is 18.0 Å². The van der Waals surface area contributed by atoms with Crippen LogP contribution in [0.3, 0.4) is 0 Å². The molecule has 1 saturated heterocycles. The van der Waals surface area contributed by atoms with Crippen molar-refractivity contribution < 1.29 is 18.0 Å². The van der Waals surface area contributed by atoms with Gasteiger partial charge in [-0.2, -0.15) is 5.10 Å². The molecule has 2 bridgehead atoms. The molecule has 168 valence electrons. The number of rotatable bonds is 2. The van der Waals surface area contributed by atoms with Crippen molar-refractivity contribution in [3.63, 3.8) is 0 Å². The number of nitrogens with zero attached hydrogens (tertiary/aromatic N) is 5. The summed E-state index contributed by atoms with van der Waals surface area (Å²) in [7, 11) is 1.70. The number of halogens is 3. The first-order valence-electron chi connectivity index (χ1n) is 10.9. The molecule has 33 heavy (non-hydrogen) atoms. The van der Waals surface area contributed by atoms with E-state index in [4.69, 9.17) is 0 Å². The lowest BCUT2D eigenvalue weighted by atomic mass is 9.81. The molecule has 4 aromatic rings. The molecule has 9 heteroatoms. The molecule has 1 fully saturated rings. The molecule has 1 aromatic carbocycles. The lowest BCUT2D eigenvalue weighted by Crippen LogP contribution is -2.50. The standard InChI is InChI=1S/C24H20F3N5O/c1-30-23(13-9-16(25)21(27)17(26)10-13)15-11-14-5-4-6-18(22(15)29-30)32(14)24(33)19-12-28-20-7-2-3-8-31(19)20/h2-3,7-10,12,14,18H,4-6,11H2,1H3. The number of hydrogen-bond acceptors (Lipinski definition) is 3. The van der Waals surface area contributed by atoms with Gasteiger partial charge in [-0.25, -0.2) is 18.2 Å². The van der Waals surface area contributed by atoms with E-state index < -0.39 is 17.5 Å². The topological polar surface area (TPSA) is 55.4 Å². The molecule has 2 aliphatic rings. The van der Waals surface area contributed by atoms with Crippen molar-refractivity contribution in [2.24, 2.45) is 7.05 Å². The summed E-state index contributed by atoms with van der Waals surface area (Å²) in [4.78, 5) is 19.9. The second-order valence-electron chi connectivity index (χ2n) is 8.68. The van der Waals surface area contributed by atoms with Crippen LogP contribution in [0.5, 0.6) is 0 Å². The number of pyridine rings is 1. The smallest absolute Gasteiger partial charge is 0.273 e. The number of benzene rings is 1. The molecule has 3 aromatic heterocycles. The summed E-state index contributed by atoms with van der Waals surface area (Å²) >= 11 is 0. The van der Waals surface area contributed by atoms with Gasteiger partial charge >= 0.3 is 0 Å². The van der Waals surface area contributed by atoms with Crippen molar-refractivity contribution in [3.8, 4) is 11.3 Å². The van der Waals surface area contributed by atoms with Crippen LogP contribution in [0.25, 0.3) is 16.9 Å². The summed E-state index contributed by atoms with van der Waals surface area (Å²) in [5.41, 5.74) is 3.58. The van der Waals surface area contributed by atoms with Gasteiger partial charge in [0.2, 0.25) is 0 Å². The zero-order valence-corrected chi connectivity index (χ0v) is 17.8. The number of aryl methyl sites for hydroxylation is 1. The Balaban J connectivity index is 1.45. The number of aromatic nitrogens is 4. The van der Waals surface area contributed by atoms with Gasteiger partial charge in [0.25, 0.3) is 5.91 Å². The predicted octanol–water partition coefficient (Wildman–Crippen LogP) is 4.44. The van der Waals surface area contributed by atoms with Gasteiger partial charge in [0, 0.05) is 30.4 Å². The average Bonchev–Trinajstić information content (AvgIpc) is 3.37. The lowest BCUT2D eigenvalue weighted by molar-refractivity contribution is 0.0385. The quantitative estimate of drug-likeness (QED) is 0.424. The highest BCUT2D eigenvalue weighted by Crippen LogP contribution is 2.45. The first kappa shape index (κ1) is 20.0. The van der Waals surface area contributed by atoms with E-state index in [0.717, 1.165) is 42.7 Å². The number of fused-ring (bicyclic) bond motifs is 5. The molecular formula is C24H20F3N5O. The van der Waals surface area contributed by atoms with E-state index in [1.807, 2.05) is 29.3 Å². The highest BCUT2D eigenvalue weighted by Gasteiger charge is 2.44. The van der Waals surface area contributed by atoms with Crippen LogP contribution in [0, 0.1) is 17.5 Å². The number of carbonyl (C=O) groups is 1. The molecule has 2 unspecified atom stereocenters. The molecule has 2 atom stereocenters. The minimum absolute atomic E-state index is 0.0731. The maximum atomic E-state index is 14.0. The third kappa shape index (κ3) is 2.91. The highest BCUT2D eigenvalue weighted by molar-refractivity contribution is 5.94. The van der Waals surface area contributed by atoms with Gasteiger partial charge in [0.1, 0.15) is 11.3 Å². The molecule has 0 radical (unpaired) electrons. The van der Waals surface area contributed by atoms with E-state index in [0.29, 0.717) is 23.5 Å². The molecule has 0 spiro atoms. The Labute approximate surface area is 187 Å². The molecule has 0 saturated carbocycles. The van der Waals surface area contributed by atoms with Crippen molar-refractivity contribution >= 4 is 11.6 Å². The molecule has 0 N–H and O–H groups in total. The van der Waals surface area contributed by atoms with E-state index in [1.165, 1.54) is 0 Å². The van der Waals surface area contributed by atoms with Gasteiger partial charge in [-0.15, -0.1) is 0 Å². The maximum Gasteiger partial charge on any atom is 0.273 e. The molecule has 2 aliphatic heterocycles. The van der Waals surface area contributed by atoms with Gasteiger partial charge in [-0.1, -0.05) is 6.07 Å². The Morgan fingerprint density at radius 2 is 1.91 bits per heavy atom. The summed E-state index contributed by atoms with van der Waals surface area (Å²) in [6.07, 6.45) is 6.44. The summed E-state index contributed by atoms with van der Waals surface area (Å²) in [6.45, 7) is 0. The number of hydrogen-bond donors (Lipinski definition) is 0. The first-order chi connectivity index (χ1) is 15.9. The van der Waals surface area contributed by atoms with Crippen molar-refractivity contribution in [2.45, 2.75) is 37.8 Å². The molecule has 6 nitrogen and oxygen atoms in total. The average molecular weight is 451 g/mol. The zero-order valence-electron chi connectivity index (χ0n) is 17.8. The van der Waals surface area contributed by atoms with Crippen molar-refractivity contribution in [1.82, 2.24) is 24.1 Å². The second-order valence-corrected chi connectivity index (χ2v) is 8.68. The van der Waals surface area contributed by atoms with Crippen LogP contribution in [0.15, 0.2) is 42.7 Å². The fraction of sp³-hybridized carbons (Fsp3) is 0.292. The van der Waals surface area contributed by atoms with Crippen molar-refractivity contribution in [2.75, 3.05) is 0 Å². The molecule has 5 heterocycles. The lowest BCUT2D eigenvalue weighted by Gasteiger charge is -2.45. The normalized spacial score (nSPS) is 19.7. The highest BCUT2D eigenvalue weighted by atomic mass is 19.2. The largest absolute Gasteiger partial charge is 0.325 e. The second kappa shape index (κ2) is 7.19.